The van der Waals surface area contributed by atoms with Crippen molar-refractivity contribution in [2.75, 3.05) is 13.7 Å². The highest BCUT2D eigenvalue weighted by Crippen LogP contribution is 2.43. The molecule has 5 nitrogen and oxygen atoms in total. The zero-order valence-corrected chi connectivity index (χ0v) is 22.5. The predicted octanol–water partition coefficient (Wildman–Crippen LogP) is 8.55. The molecular weight excluding hydrogens is 564 g/mol. The standard InChI is InChI=1S/C30H21Cl2F3N2O3/c1-39-19-6-7-24-22(15-19)20-10-11-37(29(38)16-12-17(31)14-18(32)13-16)28(27(20)36-24)26-9-8-25(40-26)21-4-2-3-5-23(21)30(33,34)35/h2-9,12-15,28,36H,10-11H2,1H3. The molecule has 40 heavy (non-hydrogen) atoms. The number of H-pyrrole nitrogens is 1. The van der Waals surface area contributed by atoms with Crippen LogP contribution < -0.4 is 4.74 Å². The molecule has 5 aromatic rings. The summed E-state index contributed by atoms with van der Waals surface area (Å²) in [5, 5.41) is 1.56. The molecule has 0 fully saturated rings. The second kappa shape index (κ2) is 9.94. The number of halogens is 5. The number of nitrogens with one attached hydrogen (secondary N) is 1. The molecule has 0 aliphatic carbocycles. The molecule has 0 radical (unpaired) electrons. The number of carbonyl (C=O) groups excluding carboxylic acids is 1. The van der Waals surface area contributed by atoms with E-state index >= 15 is 0 Å². The molecule has 6 rings (SSSR count). The lowest BCUT2D eigenvalue weighted by molar-refractivity contribution is -0.137. The topological polar surface area (TPSA) is 58.5 Å². The molecular formula is C30H21Cl2F3N2O3. The number of alkyl halides is 3. The molecule has 204 valence electrons. The van der Waals surface area contributed by atoms with Gasteiger partial charge in [-0.1, -0.05) is 41.4 Å². The Balaban J connectivity index is 1.50. The summed E-state index contributed by atoms with van der Waals surface area (Å²) in [4.78, 5) is 18.9. The van der Waals surface area contributed by atoms with Crippen molar-refractivity contribution in [2.24, 2.45) is 0 Å². The molecule has 0 saturated heterocycles. The molecule has 1 atom stereocenters. The zero-order valence-electron chi connectivity index (χ0n) is 21.0. The van der Waals surface area contributed by atoms with Crippen molar-refractivity contribution in [1.29, 1.82) is 0 Å². The Morgan fingerprint density at radius 1 is 1.02 bits per heavy atom. The molecule has 1 aliphatic rings. The fourth-order valence-corrected chi connectivity index (χ4v) is 5.87. The number of aromatic amines is 1. The van der Waals surface area contributed by atoms with Crippen LogP contribution in [0.1, 0.15) is 39.0 Å². The first-order valence-electron chi connectivity index (χ1n) is 12.4. The number of rotatable bonds is 4. The van der Waals surface area contributed by atoms with Crippen LogP contribution in [-0.4, -0.2) is 29.4 Å². The van der Waals surface area contributed by atoms with Crippen molar-refractivity contribution >= 4 is 40.0 Å². The second-order valence-electron chi connectivity index (χ2n) is 9.48. The van der Waals surface area contributed by atoms with Crippen molar-refractivity contribution in [3.8, 4) is 17.1 Å². The Morgan fingerprint density at radius 3 is 2.50 bits per heavy atom. The Labute approximate surface area is 237 Å². The molecule has 0 spiro atoms. The lowest BCUT2D eigenvalue weighted by Gasteiger charge is -2.35. The minimum atomic E-state index is -4.56. The first-order chi connectivity index (χ1) is 19.1. The van der Waals surface area contributed by atoms with Crippen molar-refractivity contribution in [2.45, 2.75) is 18.6 Å². The van der Waals surface area contributed by atoms with E-state index in [1.807, 2.05) is 18.2 Å². The molecule has 1 N–H and O–H groups in total. The molecule has 0 bridgehead atoms. The summed E-state index contributed by atoms with van der Waals surface area (Å²) in [6, 6.07) is 17.8. The van der Waals surface area contributed by atoms with E-state index in [0.717, 1.165) is 22.5 Å². The second-order valence-corrected chi connectivity index (χ2v) is 10.4. The van der Waals surface area contributed by atoms with Gasteiger partial charge in [-0.15, -0.1) is 0 Å². The van der Waals surface area contributed by atoms with E-state index in [1.54, 1.807) is 18.1 Å². The third-order valence-electron chi connectivity index (χ3n) is 7.10. The van der Waals surface area contributed by atoms with Gasteiger partial charge in [0.15, 0.2) is 0 Å². The minimum Gasteiger partial charge on any atom is -0.497 e. The molecule has 1 amide bonds. The maximum atomic E-state index is 13.9. The summed E-state index contributed by atoms with van der Waals surface area (Å²) in [6.45, 7) is 0.319. The maximum Gasteiger partial charge on any atom is 0.417 e. The van der Waals surface area contributed by atoms with Crippen LogP contribution in [0.2, 0.25) is 10.0 Å². The normalized spacial score (nSPS) is 15.3. The lowest BCUT2D eigenvalue weighted by atomic mass is 9.95. The Hall–Kier alpha value is -3.88. The summed E-state index contributed by atoms with van der Waals surface area (Å²) < 4.78 is 52.8. The van der Waals surface area contributed by atoms with E-state index in [9.17, 15) is 18.0 Å². The number of methoxy groups -OCH3 is 1. The van der Waals surface area contributed by atoms with Gasteiger partial charge >= 0.3 is 6.18 Å². The number of aromatic nitrogens is 1. The van der Waals surface area contributed by atoms with E-state index in [4.69, 9.17) is 32.4 Å². The van der Waals surface area contributed by atoms with Crippen molar-refractivity contribution < 1.29 is 27.1 Å². The number of hydrogen-bond donors (Lipinski definition) is 1. The smallest absolute Gasteiger partial charge is 0.417 e. The number of hydrogen-bond acceptors (Lipinski definition) is 3. The van der Waals surface area contributed by atoms with Crippen molar-refractivity contribution in [1.82, 2.24) is 9.88 Å². The fourth-order valence-electron chi connectivity index (χ4n) is 5.34. The van der Waals surface area contributed by atoms with Gasteiger partial charge in [-0.3, -0.25) is 4.79 Å². The van der Waals surface area contributed by atoms with Gasteiger partial charge in [0, 0.05) is 38.6 Å². The van der Waals surface area contributed by atoms with E-state index < -0.39 is 17.8 Å². The first-order valence-corrected chi connectivity index (χ1v) is 13.1. The molecule has 1 unspecified atom stereocenters. The Kier molecular flexibility index (Phi) is 6.55. The predicted molar refractivity (Wildman–Crippen MR) is 147 cm³/mol. The highest BCUT2D eigenvalue weighted by molar-refractivity contribution is 6.35. The van der Waals surface area contributed by atoms with Crippen LogP contribution in [0.3, 0.4) is 0 Å². The quantitative estimate of drug-likeness (QED) is 0.230. The summed E-state index contributed by atoms with van der Waals surface area (Å²) in [5.41, 5.74) is 1.92. The van der Waals surface area contributed by atoms with E-state index in [-0.39, 0.29) is 22.8 Å². The van der Waals surface area contributed by atoms with E-state index in [1.165, 1.54) is 42.5 Å². The van der Waals surface area contributed by atoms with Crippen LogP contribution in [0.4, 0.5) is 13.2 Å². The lowest BCUT2D eigenvalue weighted by Crippen LogP contribution is -2.40. The van der Waals surface area contributed by atoms with Gasteiger partial charge in [0.2, 0.25) is 0 Å². The highest BCUT2D eigenvalue weighted by atomic mass is 35.5. The van der Waals surface area contributed by atoms with E-state index in [0.29, 0.717) is 40.2 Å². The summed E-state index contributed by atoms with van der Waals surface area (Å²) in [6.07, 6.45) is -4.03. The number of nitrogens with zero attached hydrogens (tertiary/aromatic N) is 1. The van der Waals surface area contributed by atoms with Gasteiger partial charge in [-0.2, -0.15) is 13.2 Å². The Bertz CT molecular complexity index is 1740. The van der Waals surface area contributed by atoms with Gasteiger partial charge in [-0.05, 0) is 66.6 Å². The van der Waals surface area contributed by atoms with Crippen LogP contribution in [0.25, 0.3) is 22.2 Å². The van der Waals surface area contributed by atoms with Crippen LogP contribution >= 0.6 is 23.2 Å². The van der Waals surface area contributed by atoms with Gasteiger partial charge in [0.25, 0.3) is 5.91 Å². The monoisotopic (exact) mass is 584 g/mol. The van der Waals surface area contributed by atoms with Crippen LogP contribution in [-0.2, 0) is 12.6 Å². The van der Waals surface area contributed by atoms with Crippen LogP contribution in [0, 0.1) is 0 Å². The summed E-state index contributed by atoms with van der Waals surface area (Å²) in [7, 11) is 1.59. The molecule has 0 saturated carbocycles. The number of furan rings is 1. The third kappa shape index (κ3) is 4.61. The zero-order chi connectivity index (χ0) is 28.2. The van der Waals surface area contributed by atoms with Gasteiger partial charge in [0.1, 0.15) is 23.3 Å². The number of ether oxygens (including phenoxy) is 1. The molecule has 3 heterocycles. The summed E-state index contributed by atoms with van der Waals surface area (Å²) >= 11 is 12.4. The van der Waals surface area contributed by atoms with Gasteiger partial charge in [0.05, 0.1) is 18.4 Å². The number of amides is 1. The van der Waals surface area contributed by atoms with Crippen LogP contribution in [0.15, 0.2) is 77.2 Å². The third-order valence-corrected chi connectivity index (χ3v) is 7.54. The average molecular weight is 585 g/mol. The van der Waals surface area contributed by atoms with Crippen LogP contribution in [0.5, 0.6) is 5.75 Å². The molecule has 3 aromatic carbocycles. The maximum absolute atomic E-state index is 13.9. The number of carbonyl (C=O) groups is 1. The number of benzene rings is 3. The molecule has 1 aliphatic heterocycles. The Morgan fingerprint density at radius 2 is 1.77 bits per heavy atom. The van der Waals surface area contributed by atoms with E-state index in [2.05, 4.69) is 4.98 Å². The van der Waals surface area contributed by atoms with Gasteiger partial charge < -0.3 is 19.0 Å². The average Bonchev–Trinajstić information content (AvgIpc) is 3.56. The molecule has 2 aromatic heterocycles. The minimum absolute atomic E-state index is 0.0472. The molecule has 10 heteroatoms. The fraction of sp³-hybridized carbons (Fsp3) is 0.167. The largest absolute Gasteiger partial charge is 0.497 e. The van der Waals surface area contributed by atoms with Crippen molar-refractivity contribution in [3.63, 3.8) is 0 Å². The first kappa shape index (κ1) is 26.3. The number of fused-ring (bicyclic) bond motifs is 3. The van der Waals surface area contributed by atoms with Gasteiger partial charge in [-0.25, -0.2) is 0 Å². The summed E-state index contributed by atoms with van der Waals surface area (Å²) in [5.74, 6) is 0.700. The highest BCUT2D eigenvalue weighted by Gasteiger charge is 2.38. The SMILES string of the molecule is COc1ccc2[nH]c3c(c2c1)CCN(C(=O)c1cc(Cl)cc(Cl)c1)C3c1ccc(-c2ccccc2C(F)(F)F)o1. The van der Waals surface area contributed by atoms with Crippen molar-refractivity contribution in [3.05, 3.63) is 111 Å².